The molecule has 0 spiro atoms. The molecule has 8 aromatic rings. The fourth-order valence-corrected chi connectivity index (χ4v) is 12.1. The van der Waals surface area contributed by atoms with Crippen molar-refractivity contribution in [1.82, 2.24) is 9.12 Å². The fourth-order valence-electron chi connectivity index (χ4n) is 11.2. The van der Waals surface area contributed by atoms with Crippen molar-refractivity contribution in [3.63, 3.8) is 0 Å². The largest absolute Gasteiger partial charge is 0.377 e. The zero-order valence-electron chi connectivity index (χ0n) is 36.6. The van der Waals surface area contributed by atoms with E-state index >= 15 is 0 Å². The summed E-state index contributed by atoms with van der Waals surface area (Å²) in [6, 6.07) is 46.4. The van der Waals surface area contributed by atoms with Gasteiger partial charge in [0, 0.05) is 56.4 Å². The highest BCUT2D eigenvalue weighted by molar-refractivity contribution is 7.97. The number of hydrogen-bond acceptors (Lipinski definition) is 4. The summed E-state index contributed by atoms with van der Waals surface area (Å²) in [5, 5.41) is 19.2. The van der Waals surface area contributed by atoms with Gasteiger partial charge < -0.3 is 9.72 Å². The molecule has 3 aliphatic carbocycles. The molecule has 2 aromatic heterocycles. The Labute approximate surface area is 384 Å². The zero-order valence-corrected chi connectivity index (χ0v) is 37.4. The number of nitrogens with zero attached hydrogens (tertiary/aromatic N) is 2. The second-order valence-corrected chi connectivity index (χ2v) is 18.2. The van der Waals surface area contributed by atoms with Gasteiger partial charge in [-0.25, -0.2) is 0 Å². The molecule has 0 amide bonds. The number of benzene rings is 6. The number of anilines is 2. The Morgan fingerprint density at radius 3 is 2.52 bits per heavy atom. The molecule has 316 valence electrons. The predicted molar refractivity (Wildman–Crippen MR) is 276 cm³/mol. The molecule has 3 unspecified atom stereocenters. The summed E-state index contributed by atoms with van der Waals surface area (Å²) in [6.07, 6.45) is 19.5. The van der Waals surface area contributed by atoms with Crippen molar-refractivity contribution in [3.05, 3.63) is 221 Å². The van der Waals surface area contributed by atoms with Gasteiger partial charge in [-0.05, 0) is 111 Å². The first-order chi connectivity index (χ1) is 32.1. The SMILES string of the molecule is C=C(C(=N)N1C2=c3c4c(n5c3c(c3c6ccccc6ccc35)CC2c2ccccc21)C=CC=CC4)c1ccccc1SNCc1ccc2c(c1)-c1ccccc1C1C=CC=CC1N2.CC. The van der Waals surface area contributed by atoms with Crippen molar-refractivity contribution in [2.45, 2.75) is 56.0 Å². The third kappa shape index (κ3) is 6.08. The number of aromatic nitrogens is 1. The van der Waals surface area contributed by atoms with Crippen molar-refractivity contribution < 1.29 is 0 Å². The van der Waals surface area contributed by atoms with Crippen LogP contribution in [0, 0.1) is 5.41 Å². The highest BCUT2D eigenvalue weighted by Gasteiger charge is 2.42. The van der Waals surface area contributed by atoms with Gasteiger partial charge in [-0.1, -0.05) is 160 Å². The van der Waals surface area contributed by atoms with Gasteiger partial charge in [-0.2, -0.15) is 0 Å². The van der Waals surface area contributed by atoms with Gasteiger partial charge in [0.15, 0.2) is 0 Å². The minimum Gasteiger partial charge on any atom is -0.377 e. The van der Waals surface area contributed by atoms with Crippen LogP contribution in [0.2, 0.25) is 0 Å². The van der Waals surface area contributed by atoms with Crippen LogP contribution in [-0.2, 0) is 19.4 Å². The second kappa shape index (κ2) is 15.8. The third-order valence-electron chi connectivity index (χ3n) is 14.0. The number of fused-ring (bicyclic) bond motifs is 16. The molecular formula is C59H49N5S. The highest BCUT2D eigenvalue weighted by Crippen LogP contribution is 2.52. The minimum absolute atomic E-state index is 0.101. The molecule has 0 saturated carbocycles. The van der Waals surface area contributed by atoms with E-state index in [0.29, 0.717) is 18.0 Å². The molecule has 3 N–H and O–H groups in total. The van der Waals surface area contributed by atoms with Gasteiger partial charge in [0.05, 0.1) is 28.5 Å². The lowest BCUT2D eigenvalue weighted by molar-refractivity contribution is 0.763. The topological polar surface area (TPSA) is 55.6 Å². The van der Waals surface area contributed by atoms with Gasteiger partial charge >= 0.3 is 0 Å². The minimum atomic E-state index is 0.101. The summed E-state index contributed by atoms with van der Waals surface area (Å²) in [7, 11) is 0. The molecule has 2 aliphatic heterocycles. The lowest BCUT2D eigenvalue weighted by Gasteiger charge is -2.28. The Balaban J connectivity index is 0.00000219. The van der Waals surface area contributed by atoms with Crippen molar-refractivity contribution in [3.8, 4) is 11.1 Å². The van der Waals surface area contributed by atoms with E-state index in [1.54, 1.807) is 11.9 Å². The summed E-state index contributed by atoms with van der Waals surface area (Å²) in [4.78, 5) is 3.29. The van der Waals surface area contributed by atoms with Crippen LogP contribution >= 0.6 is 11.9 Å². The van der Waals surface area contributed by atoms with Gasteiger partial charge in [0.25, 0.3) is 0 Å². The van der Waals surface area contributed by atoms with E-state index in [2.05, 4.69) is 195 Å². The van der Waals surface area contributed by atoms with E-state index in [0.717, 1.165) is 34.7 Å². The quantitative estimate of drug-likeness (QED) is 0.0886. The summed E-state index contributed by atoms with van der Waals surface area (Å²) in [5.41, 5.74) is 18.0. The maximum absolute atomic E-state index is 10.2. The van der Waals surface area contributed by atoms with Crippen LogP contribution < -0.4 is 20.2 Å². The van der Waals surface area contributed by atoms with E-state index < -0.39 is 0 Å². The standard InChI is InChI=1S/C57H43N5S.C2H6/c1-34(37-16-11-14-26-52(37)63-59-33-35-27-29-48-44(31-35)40-19-8-7-18-39(40)41-20-9-12-23-47(41)60-48)57(58)62-49-25-13-10-21-42(49)45-32-46-53-38-17-6-5-15-36(38)28-30-51(53)61-50-24-4-2-3-22-43(50)54(55(45)62)56(46)61;1-2/h2-21,23-31,41,45,47,58-60H,1,22,32-33H2;1-2H3. The predicted octanol–water partition coefficient (Wildman–Crippen LogP) is 13.5. The Morgan fingerprint density at radius 2 is 1.60 bits per heavy atom. The molecule has 0 saturated heterocycles. The molecule has 5 nitrogen and oxygen atoms in total. The van der Waals surface area contributed by atoms with Crippen molar-refractivity contribution >= 4 is 73.7 Å². The van der Waals surface area contributed by atoms with Crippen LogP contribution in [0.1, 0.15) is 64.8 Å². The summed E-state index contributed by atoms with van der Waals surface area (Å²) in [5.74, 6) is 0.801. The monoisotopic (exact) mass is 859 g/mol. The Hall–Kier alpha value is -7.12. The molecule has 0 bridgehead atoms. The van der Waals surface area contributed by atoms with Crippen LogP contribution in [0.15, 0.2) is 181 Å². The number of para-hydroxylation sites is 1. The van der Waals surface area contributed by atoms with Crippen LogP contribution in [-0.4, -0.2) is 16.3 Å². The number of hydrogen-bond donors (Lipinski definition) is 3. The Morgan fingerprint density at radius 1 is 0.800 bits per heavy atom. The number of nitrogens with one attached hydrogen (secondary N) is 3. The number of amidine groups is 1. The normalized spacial score (nSPS) is 18.2. The van der Waals surface area contributed by atoms with E-state index in [-0.39, 0.29) is 17.9 Å². The maximum Gasteiger partial charge on any atom is 0.137 e. The number of allylic oxidation sites excluding steroid dienone is 5. The average Bonchev–Trinajstić information content (AvgIpc) is 3.86. The van der Waals surface area contributed by atoms with Crippen LogP contribution in [0.5, 0.6) is 0 Å². The summed E-state index contributed by atoms with van der Waals surface area (Å²) in [6.45, 7) is 9.38. The van der Waals surface area contributed by atoms with Crippen molar-refractivity contribution in [2.24, 2.45) is 0 Å². The third-order valence-corrected chi connectivity index (χ3v) is 14.9. The molecule has 0 radical (unpaired) electrons. The van der Waals surface area contributed by atoms with Gasteiger partial charge in [-0.3, -0.25) is 15.0 Å². The average molecular weight is 860 g/mol. The van der Waals surface area contributed by atoms with Crippen LogP contribution in [0.3, 0.4) is 0 Å². The first-order valence-corrected chi connectivity index (χ1v) is 23.8. The molecule has 5 aliphatic rings. The van der Waals surface area contributed by atoms with Gasteiger partial charge in [-0.15, -0.1) is 0 Å². The smallest absolute Gasteiger partial charge is 0.137 e. The van der Waals surface area contributed by atoms with Gasteiger partial charge in [0.1, 0.15) is 5.84 Å². The summed E-state index contributed by atoms with van der Waals surface area (Å²) >= 11 is 1.61. The molecule has 13 rings (SSSR count). The molecule has 65 heavy (non-hydrogen) atoms. The Kier molecular flexibility index (Phi) is 9.62. The first kappa shape index (κ1) is 39.5. The lowest BCUT2D eigenvalue weighted by atomic mass is 9.84. The first-order valence-electron chi connectivity index (χ1n) is 23.0. The second-order valence-electron chi connectivity index (χ2n) is 17.3. The van der Waals surface area contributed by atoms with Crippen LogP contribution in [0.4, 0.5) is 11.4 Å². The van der Waals surface area contributed by atoms with E-state index in [1.807, 2.05) is 13.8 Å². The lowest BCUT2D eigenvalue weighted by Crippen LogP contribution is -2.34. The van der Waals surface area contributed by atoms with E-state index in [9.17, 15) is 5.41 Å². The maximum atomic E-state index is 10.2. The molecule has 6 heteroatoms. The molecule has 6 aromatic carbocycles. The van der Waals surface area contributed by atoms with Crippen molar-refractivity contribution in [2.75, 3.05) is 10.2 Å². The molecule has 3 atom stereocenters. The molecule has 4 heterocycles. The fraction of sp³-hybridized carbons (Fsp3) is 0.136. The highest BCUT2D eigenvalue weighted by atomic mass is 32.2. The Bertz CT molecular complexity index is 3490. The summed E-state index contributed by atoms with van der Waals surface area (Å²) < 4.78 is 6.21. The molecular weight excluding hydrogens is 811 g/mol. The van der Waals surface area contributed by atoms with Crippen LogP contribution in [0.25, 0.3) is 55.7 Å². The van der Waals surface area contributed by atoms with E-state index in [4.69, 9.17) is 6.58 Å². The van der Waals surface area contributed by atoms with E-state index in [1.165, 1.54) is 82.7 Å². The van der Waals surface area contributed by atoms with Crippen molar-refractivity contribution in [1.29, 1.82) is 5.41 Å². The molecule has 0 fully saturated rings. The number of rotatable bonds is 6. The van der Waals surface area contributed by atoms with Gasteiger partial charge in [0.2, 0.25) is 0 Å². The zero-order chi connectivity index (χ0) is 43.8.